The Labute approximate surface area is 150 Å². The van der Waals surface area contributed by atoms with E-state index in [1.165, 1.54) is 0 Å². The molecule has 138 valence electrons. The SMILES string of the molecule is COc1cccc(CCC(=O)N2CCC(N3CCCC(O)C3)CC2)c1. The molecule has 2 fully saturated rings. The van der Waals surface area contributed by atoms with Crippen LogP contribution >= 0.6 is 0 Å². The number of likely N-dealkylation sites (tertiary alicyclic amines) is 2. The highest BCUT2D eigenvalue weighted by molar-refractivity contribution is 5.76. The van der Waals surface area contributed by atoms with E-state index < -0.39 is 0 Å². The molecule has 1 aromatic rings. The molecule has 5 nitrogen and oxygen atoms in total. The van der Waals surface area contributed by atoms with Crippen molar-refractivity contribution >= 4 is 5.91 Å². The lowest BCUT2D eigenvalue weighted by molar-refractivity contribution is -0.133. The number of β-amino-alcohol motifs (C(OH)–C–C–N with tert-alkyl or cyclic N) is 1. The van der Waals surface area contributed by atoms with Crippen molar-refractivity contribution in [3.05, 3.63) is 29.8 Å². The number of aryl methyl sites for hydroxylation is 1. The maximum atomic E-state index is 12.5. The minimum Gasteiger partial charge on any atom is -0.497 e. The fraction of sp³-hybridized carbons (Fsp3) is 0.650. The highest BCUT2D eigenvalue weighted by atomic mass is 16.5. The second-order valence-electron chi connectivity index (χ2n) is 7.25. The number of carbonyl (C=O) groups is 1. The van der Waals surface area contributed by atoms with Gasteiger partial charge in [-0.3, -0.25) is 9.69 Å². The van der Waals surface area contributed by atoms with Gasteiger partial charge in [0.1, 0.15) is 5.75 Å². The Bertz CT molecular complexity index is 570. The molecule has 1 atom stereocenters. The summed E-state index contributed by atoms with van der Waals surface area (Å²) in [7, 11) is 1.66. The molecule has 0 bridgehead atoms. The molecule has 2 heterocycles. The molecule has 25 heavy (non-hydrogen) atoms. The van der Waals surface area contributed by atoms with Crippen LogP contribution in [0.25, 0.3) is 0 Å². The first-order valence-corrected chi connectivity index (χ1v) is 9.48. The number of benzene rings is 1. The summed E-state index contributed by atoms with van der Waals surface area (Å²) in [5.41, 5.74) is 1.14. The summed E-state index contributed by atoms with van der Waals surface area (Å²) < 4.78 is 5.24. The van der Waals surface area contributed by atoms with Gasteiger partial charge in [-0.25, -0.2) is 0 Å². The van der Waals surface area contributed by atoms with Crippen LogP contribution in [0.1, 0.15) is 37.7 Å². The van der Waals surface area contributed by atoms with Gasteiger partial charge in [0.2, 0.25) is 5.91 Å². The largest absolute Gasteiger partial charge is 0.497 e. The van der Waals surface area contributed by atoms with Crippen LogP contribution in [0.5, 0.6) is 5.75 Å². The number of hydrogen-bond acceptors (Lipinski definition) is 4. The first-order valence-electron chi connectivity index (χ1n) is 9.48. The molecular formula is C20H30N2O3. The van der Waals surface area contributed by atoms with E-state index in [0.717, 1.165) is 69.6 Å². The van der Waals surface area contributed by atoms with Crippen molar-refractivity contribution in [2.45, 2.75) is 50.7 Å². The zero-order chi connectivity index (χ0) is 17.6. The topological polar surface area (TPSA) is 53.0 Å². The van der Waals surface area contributed by atoms with Crippen molar-refractivity contribution in [2.24, 2.45) is 0 Å². The molecule has 2 aliphatic heterocycles. The third-order valence-electron chi connectivity index (χ3n) is 5.52. The molecule has 3 rings (SSSR count). The van der Waals surface area contributed by atoms with Gasteiger partial charge in [0.25, 0.3) is 0 Å². The van der Waals surface area contributed by atoms with Crippen LogP contribution in [0.3, 0.4) is 0 Å². The predicted octanol–water partition coefficient (Wildman–Crippen LogP) is 2.08. The summed E-state index contributed by atoms with van der Waals surface area (Å²) in [5.74, 6) is 1.09. The molecule has 0 aliphatic carbocycles. The summed E-state index contributed by atoms with van der Waals surface area (Å²) >= 11 is 0. The predicted molar refractivity (Wildman–Crippen MR) is 97.7 cm³/mol. The Balaban J connectivity index is 1.43. The van der Waals surface area contributed by atoms with Gasteiger partial charge in [0.15, 0.2) is 0 Å². The molecule has 0 spiro atoms. The zero-order valence-corrected chi connectivity index (χ0v) is 15.2. The van der Waals surface area contributed by atoms with Crippen molar-refractivity contribution in [1.29, 1.82) is 0 Å². The molecule has 1 unspecified atom stereocenters. The van der Waals surface area contributed by atoms with Crippen molar-refractivity contribution in [1.82, 2.24) is 9.80 Å². The van der Waals surface area contributed by atoms with Gasteiger partial charge in [-0.05, 0) is 56.3 Å². The van der Waals surface area contributed by atoms with Gasteiger partial charge in [-0.1, -0.05) is 12.1 Å². The molecule has 2 aliphatic rings. The van der Waals surface area contributed by atoms with Crippen LogP contribution in [0.2, 0.25) is 0 Å². The Morgan fingerprint density at radius 2 is 2.04 bits per heavy atom. The first-order chi connectivity index (χ1) is 12.2. The third kappa shape index (κ3) is 4.95. The normalized spacial score (nSPS) is 22.8. The number of hydrogen-bond donors (Lipinski definition) is 1. The maximum Gasteiger partial charge on any atom is 0.222 e. The monoisotopic (exact) mass is 346 g/mol. The molecule has 2 saturated heterocycles. The molecule has 0 aromatic heterocycles. The van der Waals surface area contributed by atoms with Gasteiger partial charge in [-0.15, -0.1) is 0 Å². The van der Waals surface area contributed by atoms with Crippen LogP contribution < -0.4 is 4.74 Å². The minimum atomic E-state index is -0.170. The molecular weight excluding hydrogens is 316 g/mol. The lowest BCUT2D eigenvalue weighted by atomic mass is 9.98. The summed E-state index contributed by atoms with van der Waals surface area (Å²) in [6.45, 7) is 3.57. The third-order valence-corrected chi connectivity index (χ3v) is 5.52. The van der Waals surface area contributed by atoms with E-state index in [0.29, 0.717) is 12.5 Å². The van der Waals surface area contributed by atoms with Gasteiger partial charge in [-0.2, -0.15) is 0 Å². The second kappa shape index (κ2) is 8.68. The van der Waals surface area contributed by atoms with E-state index in [1.807, 2.05) is 29.2 Å². The number of aliphatic hydroxyl groups is 1. The summed E-state index contributed by atoms with van der Waals surface area (Å²) in [6, 6.07) is 8.47. The Hall–Kier alpha value is -1.59. The van der Waals surface area contributed by atoms with Crippen LogP contribution in [0, 0.1) is 0 Å². The Morgan fingerprint density at radius 1 is 1.24 bits per heavy atom. The highest BCUT2D eigenvalue weighted by Crippen LogP contribution is 2.22. The average molecular weight is 346 g/mol. The van der Waals surface area contributed by atoms with Gasteiger partial charge in [0.05, 0.1) is 13.2 Å². The fourth-order valence-corrected chi connectivity index (χ4v) is 4.03. The van der Waals surface area contributed by atoms with Crippen molar-refractivity contribution in [2.75, 3.05) is 33.3 Å². The molecule has 1 amide bonds. The number of rotatable bonds is 5. The number of carbonyl (C=O) groups excluding carboxylic acids is 1. The van der Waals surface area contributed by atoms with E-state index in [2.05, 4.69) is 4.90 Å². The Kier molecular flexibility index (Phi) is 6.32. The van der Waals surface area contributed by atoms with Crippen molar-refractivity contribution < 1.29 is 14.6 Å². The quantitative estimate of drug-likeness (QED) is 0.887. The van der Waals surface area contributed by atoms with E-state index >= 15 is 0 Å². The first kappa shape index (κ1) is 18.2. The molecule has 0 saturated carbocycles. The van der Waals surface area contributed by atoms with E-state index in [1.54, 1.807) is 7.11 Å². The van der Waals surface area contributed by atoms with Crippen LogP contribution in [0.15, 0.2) is 24.3 Å². The maximum absolute atomic E-state index is 12.5. The minimum absolute atomic E-state index is 0.170. The summed E-state index contributed by atoms with van der Waals surface area (Å²) in [6.07, 6.45) is 5.21. The molecule has 5 heteroatoms. The molecule has 1 aromatic carbocycles. The van der Waals surface area contributed by atoms with E-state index in [4.69, 9.17) is 4.74 Å². The van der Waals surface area contributed by atoms with Gasteiger partial charge in [0, 0.05) is 32.1 Å². The number of aliphatic hydroxyl groups excluding tert-OH is 1. The van der Waals surface area contributed by atoms with Crippen molar-refractivity contribution in [3.63, 3.8) is 0 Å². The number of nitrogens with zero attached hydrogens (tertiary/aromatic N) is 2. The van der Waals surface area contributed by atoms with Crippen LogP contribution in [0.4, 0.5) is 0 Å². The zero-order valence-electron chi connectivity index (χ0n) is 15.2. The van der Waals surface area contributed by atoms with Gasteiger partial charge >= 0.3 is 0 Å². The lowest BCUT2D eigenvalue weighted by Crippen LogP contribution is -2.50. The molecule has 0 radical (unpaired) electrons. The number of methoxy groups -OCH3 is 1. The fourth-order valence-electron chi connectivity index (χ4n) is 4.03. The molecule has 1 N–H and O–H groups in total. The summed E-state index contributed by atoms with van der Waals surface area (Å²) in [4.78, 5) is 16.9. The Morgan fingerprint density at radius 3 is 2.76 bits per heavy atom. The van der Waals surface area contributed by atoms with E-state index in [9.17, 15) is 9.90 Å². The number of amides is 1. The number of piperidine rings is 2. The van der Waals surface area contributed by atoms with Gasteiger partial charge < -0.3 is 14.7 Å². The number of ether oxygens (including phenoxy) is 1. The average Bonchev–Trinajstić information content (AvgIpc) is 2.66. The van der Waals surface area contributed by atoms with Crippen LogP contribution in [-0.4, -0.2) is 66.2 Å². The van der Waals surface area contributed by atoms with E-state index in [-0.39, 0.29) is 12.0 Å². The summed E-state index contributed by atoms with van der Waals surface area (Å²) in [5, 5.41) is 9.85. The van der Waals surface area contributed by atoms with Crippen LogP contribution in [-0.2, 0) is 11.2 Å². The standard InChI is InChI=1S/C20H30N2O3/c1-25-19-6-2-4-16(14-19)7-8-20(24)21-12-9-17(10-13-21)22-11-3-5-18(23)15-22/h2,4,6,14,17-18,23H,3,5,7-13,15H2,1H3. The highest BCUT2D eigenvalue weighted by Gasteiger charge is 2.29. The second-order valence-corrected chi connectivity index (χ2v) is 7.25. The smallest absolute Gasteiger partial charge is 0.222 e. The van der Waals surface area contributed by atoms with Crippen molar-refractivity contribution in [3.8, 4) is 5.75 Å². The lowest BCUT2D eigenvalue weighted by Gasteiger charge is -2.41.